The smallest absolute Gasteiger partial charge is 0.114 e. The van der Waals surface area contributed by atoms with Crippen LogP contribution in [0.15, 0.2) is 182 Å². The van der Waals surface area contributed by atoms with Crippen molar-refractivity contribution in [3.05, 3.63) is 199 Å². The molecule has 0 saturated heterocycles. The second-order valence-corrected chi connectivity index (χ2v) is 16.1. The Hall–Kier alpha value is -7.10. The van der Waals surface area contributed by atoms with E-state index in [4.69, 9.17) is 9.97 Å². The number of aromatic nitrogens is 3. The van der Waals surface area contributed by atoms with E-state index in [9.17, 15) is 0 Å². The summed E-state index contributed by atoms with van der Waals surface area (Å²) in [4.78, 5) is 10.6. The van der Waals surface area contributed by atoms with Gasteiger partial charge in [-0.3, -0.25) is 4.57 Å². The molecule has 1 aliphatic rings. The summed E-state index contributed by atoms with van der Waals surface area (Å²) in [5, 5.41) is 4.95. The van der Waals surface area contributed by atoms with E-state index in [1.165, 1.54) is 54.9 Å². The average Bonchev–Trinajstić information content (AvgIpc) is 3.78. The molecule has 0 N–H and O–H groups in total. The highest BCUT2D eigenvalue weighted by Gasteiger charge is 2.36. The number of fused-ring (bicyclic) bond motifs is 7. The molecule has 2 aromatic heterocycles. The van der Waals surface area contributed by atoms with Gasteiger partial charge < -0.3 is 0 Å². The molecule has 0 radical (unpaired) electrons. The lowest BCUT2D eigenvalue weighted by Crippen LogP contribution is -2.14. The van der Waals surface area contributed by atoms with Crippen molar-refractivity contribution in [3.63, 3.8) is 0 Å². The van der Waals surface area contributed by atoms with E-state index in [2.05, 4.69) is 207 Å². The Balaban J connectivity index is 1.21. The van der Waals surface area contributed by atoms with Gasteiger partial charge in [-0.15, -0.1) is 0 Å². The predicted octanol–water partition coefficient (Wildman–Crippen LogP) is 14.3. The van der Waals surface area contributed by atoms with Crippen molar-refractivity contribution in [3.8, 4) is 61.6 Å². The fourth-order valence-electron chi connectivity index (χ4n) is 9.52. The monoisotopic (exact) mass is 743 g/mol. The molecule has 58 heavy (non-hydrogen) atoms. The maximum absolute atomic E-state index is 5.52. The van der Waals surface area contributed by atoms with E-state index in [1.54, 1.807) is 0 Å². The van der Waals surface area contributed by atoms with Gasteiger partial charge >= 0.3 is 0 Å². The van der Waals surface area contributed by atoms with Gasteiger partial charge in [-0.1, -0.05) is 154 Å². The number of para-hydroxylation sites is 2. The number of imidazole rings is 1. The Morgan fingerprint density at radius 3 is 1.95 bits per heavy atom. The quantitative estimate of drug-likeness (QED) is 0.159. The number of pyridine rings is 1. The van der Waals surface area contributed by atoms with Gasteiger partial charge in [0.05, 0.1) is 22.4 Å². The molecule has 0 amide bonds. The van der Waals surface area contributed by atoms with Crippen LogP contribution in [0.4, 0.5) is 0 Å². The first-order valence-corrected chi connectivity index (χ1v) is 20.3. The highest BCUT2D eigenvalue weighted by Crippen LogP contribution is 2.52. The summed E-state index contributed by atoms with van der Waals surface area (Å²) in [6.07, 6.45) is 0.802. The number of aryl methyl sites for hydroxylation is 1. The third-order valence-corrected chi connectivity index (χ3v) is 12.3. The Morgan fingerprint density at radius 1 is 0.466 bits per heavy atom. The van der Waals surface area contributed by atoms with Crippen LogP contribution in [-0.4, -0.2) is 14.5 Å². The number of hydrogen-bond donors (Lipinski definition) is 0. The van der Waals surface area contributed by atoms with Crippen LogP contribution in [-0.2, 0) is 11.8 Å². The maximum atomic E-state index is 5.52. The lowest BCUT2D eigenvalue weighted by atomic mass is 9.82. The molecule has 0 aliphatic heterocycles. The van der Waals surface area contributed by atoms with Crippen molar-refractivity contribution < 1.29 is 0 Å². The van der Waals surface area contributed by atoms with Crippen LogP contribution in [0.25, 0.3) is 94.2 Å². The number of rotatable bonds is 6. The second kappa shape index (κ2) is 13.2. The van der Waals surface area contributed by atoms with Gasteiger partial charge in [0.2, 0.25) is 0 Å². The van der Waals surface area contributed by atoms with Crippen molar-refractivity contribution in [2.24, 2.45) is 0 Å². The number of nitrogens with zero attached hydrogens (tertiary/aromatic N) is 3. The van der Waals surface area contributed by atoms with Crippen LogP contribution < -0.4 is 0 Å². The Labute approximate surface area is 338 Å². The van der Waals surface area contributed by atoms with E-state index in [0.29, 0.717) is 0 Å². The first kappa shape index (κ1) is 34.2. The molecule has 0 fully saturated rings. The molecule has 0 unspecified atom stereocenters. The average molecular weight is 744 g/mol. The topological polar surface area (TPSA) is 30.7 Å². The minimum absolute atomic E-state index is 0.101. The minimum atomic E-state index is -0.101. The summed E-state index contributed by atoms with van der Waals surface area (Å²) in [6.45, 7) is 6.89. The Morgan fingerprint density at radius 2 is 1.10 bits per heavy atom. The van der Waals surface area contributed by atoms with Gasteiger partial charge in [-0.05, 0) is 115 Å². The Bertz CT molecular complexity index is 3240. The summed E-state index contributed by atoms with van der Waals surface area (Å²) in [7, 11) is 0. The summed E-state index contributed by atoms with van der Waals surface area (Å²) in [5.41, 5.74) is 17.1. The molecule has 276 valence electrons. The zero-order chi connectivity index (χ0) is 39.0. The van der Waals surface area contributed by atoms with E-state index in [0.717, 1.165) is 62.6 Å². The predicted molar refractivity (Wildman–Crippen MR) is 243 cm³/mol. The molecule has 11 rings (SSSR count). The second-order valence-electron chi connectivity index (χ2n) is 16.1. The summed E-state index contributed by atoms with van der Waals surface area (Å²) < 4.78 is 2.34. The van der Waals surface area contributed by atoms with Crippen molar-refractivity contribution >= 4 is 32.6 Å². The summed E-state index contributed by atoms with van der Waals surface area (Å²) in [6, 6.07) is 66.3. The molecule has 3 nitrogen and oxygen atoms in total. The SMILES string of the molecule is CCc1nc2ccccc2n1-c1cc(-c2cc(-c3cccc4c3-c3ccccc3C4(C)C)cc(-c3ccccc3)n2)cc(-c2cc3ccccc3c3ccccc23)c1. The zero-order valence-corrected chi connectivity index (χ0v) is 32.9. The van der Waals surface area contributed by atoms with Gasteiger partial charge in [-0.25, -0.2) is 9.97 Å². The molecule has 10 aromatic rings. The first-order chi connectivity index (χ1) is 28.5. The fraction of sp³-hybridized carbons (Fsp3) is 0.0909. The van der Waals surface area contributed by atoms with Crippen LogP contribution in [0.3, 0.4) is 0 Å². The number of benzene rings is 8. The van der Waals surface area contributed by atoms with Crippen LogP contribution in [0, 0.1) is 0 Å². The molecular formula is C55H41N3. The molecule has 2 heterocycles. The molecule has 0 saturated carbocycles. The van der Waals surface area contributed by atoms with Gasteiger partial charge in [-0.2, -0.15) is 0 Å². The molecule has 1 aliphatic carbocycles. The van der Waals surface area contributed by atoms with E-state index in [-0.39, 0.29) is 5.41 Å². The van der Waals surface area contributed by atoms with Gasteiger partial charge in [0.1, 0.15) is 5.82 Å². The highest BCUT2D eigenvalue weighted by molar-refractivity contribution is 6.14. The minimum Gasteiger partial charge on any atom is -0.296 e. The lowest BCUT2D eigenvalue weighted by Gasteiger charge is -2.21. The number of hydrogen-bond acceptors (Lipinski definition) is 2. The third-order valence-electron chi connectivity index (χ3n) is 12.3. The third kappa shape index (κ3) is 5.34. The van der Waals surface area contributed by atoms with Gasteiger partial charge in [0.25, 0.3) is 0 Å². The van der Waals surface area contributed by atoms with Crippen molar-refractivity contribution in [2.45, 2.75) is 32.6 Å². The summed E-state index contributed by atoms with van der Waals surface area (Å²) >= 11 is 0. The fourth-order valence-corrected chi connectivity index (χ4v) is 9.52. The maximum Gasteiger partial charge on any atom is 0.114 e. The normalized spacial score (nSPS) is 12.9. The van der Waals surface area contributed by atoms with E-state index >= 15 is 0 Å². The summed E-state index contributed by atoms with van der Waals surface area (Å²) in [5.74, 6) is 1.03. The van der Waals surface area contributed by atoms with Gasteiger partial charge in [0.15, 0.2) is 0 Å². The van der Waals surface area contributed by atoms with Crippen LogP contribution in [0.1, 0.15) is 37.7 Å². The lowest BCUT2D eigenvalue weighted by molar-refractivity contribution is 0.660. The molecule has 0 atom stereocenters. The van der Waals surface area contributed by atoms with Crippen LogP contribution in [0.5, 0.6) is 0 Å². The standard InChI is InChI=1S/C55H41N3/c1-4-53-57-49-27-14-15-28-52(49)58(53)40-30-37(46-32-36-19-8-9-20-41(36)43-21-10-11-22-44(43)46)29-39(31-40)51-34-38(33-50(56-51)35-17-6-5-7-18-35)42-24-16-26-48-54(42)45-23-12-13-25-47(45)55(48,2)3/h5-34H,4H2,1-3H3. The first-order valence-electron chi connectivity index (χ1n) is 20.3. The van der Waals surface area contributed by atoms with Crippen molar-refractivity contribution in [1.82, 2.24) is 14.5 Å². The van der Waals surface area contributed by atoms with Crippen LogP contribution in [0.2, 0.25) is 0 Å². The molecule has 3 heteroatoms. The van der Waals surface area contributed by atoms with Crippen LogP contribution >= 0.6 is 0 Å². The van der Waals surface area contributed by atoms with E-state index < -0.39 is 0 Å². The van der Waals surface area contributed by atoms with Crippen molar-refractivity contribution in [2.75, 3.05) is 0 Å². The largest absolute Gasteiger partial charge is 0.296 e. The Kier molecular flexibility index (Phi) is 7.81. The molecule has 0 bridgehead atoms. The zero-order valence-electron chi connectivity index (χ0n) is 32.9. The van der Waals surface area contributed by atoms with E-state index in [1.807, 2.05) is 0 Å². The highest BCUT2D eigenvalue weighted by atomic mass is 15.1. The molecule has 8 aromatic carbocycles. The van der Waals surface area contributed by atoms with Crippen molar-refractivity contribution in [1.29, 1.82) is 0 Å². The molecule has 0 spiro atoms. The van der Waals surface area contributed by atoms with Gasteiger partial charge in [0, 0.05) is 28.7 Å². The molecular weight excluding hydrogens is 703 g/mol.